The van der Waals surface area contributed by atoms with Crippen molar-refractivity contribution in [1.82, 2.24) is 9.80 Å². The lowest BCUT2D eigenvalue weighted by Crippen LogP contribution is -2.39. The molecule has 0 atom stereocenters. The number of carbonyl (C=O) groups excluding carboxylic acids is 1. The Hall–Kier alpha value is -2.07. The number of benzene rings is 1. The third kappa shape index (κ3) is 4.74. The van der Waals surface area contributed by atoms with Crippen molar-refractivity contribution in [3.63, 3.8) is 0 Å². The van der Waals surface area contributed by atoms with Crippen LogP contribution in [0.1, 0.15) is 25.2 Å². The van der Waals surface area contributed by atoms with Crippen molar-refractivity contribution >= 4 is 5.91 Å². The fourth-order valence-corrected chi connectivity index (χ4v) is 2.50. The highest BCUT2D eigenvalue weighted by molar-refractivity contribution is 5.78. The van der Waals surface area contributed by atoms with Gasteiger partial charge in [-0.3, -0.25) is 9.69 Å². The van der Waals surface area contributed by atoms with Crippen molar-refractivity contribution in [1.29, 1.82) is 0 Å². The Balaban J connectivity index is 2.05. The topological polar surface area (TPSA) is 36.7 Å². The number of hydrogen-bond donors (Lipinski definition) is 0. The summed E-state index contributed by atoms with van der Waals surface area (Å²) < 4.78 is 5.43. The second-order valence-electron chi connectivity index (χ2n) is 5.28. The smallest absolute Gasteiger partial charge is 0.236 e. The van der Waals surface area contributed by atoms with E-state index in [9.17, 15) is 4.79 Å². The van der Waals surface area contributed by atoms with Crippen molar-refractivity contribution in [3.05, 3.63) is 60.1 Å². The van der Waals surface area contributed by atoms with Gasteiger partial charge in [0.15, 0.2) is 0 Å². The highest BCUT2D eigenvalue weighted by Gasteiger charge is 2.16. The van der Waals surface area contributed by atoms with Crippen LogP contribution in [0.4, 0.5) is 0 Å². The molecule has 2 aromatic rings. The van der Waals surface area contributed by atoms with Gasteiger partial charge in [0.25, 0.3) is 0 Å². The highest BCUT2D eigenvalue weighted by atomic mass is 16.3. The fourth-order valence-electron chi connectivity index (χ4n) is 2.50. The molecule has 1 aromatic carbocycles. The van der Waals surface area contributed by atoms with E-state index in [-0.39, 0.29) is 5.91 Å². The van der Waals surface area contributed by atoms with Gasteiger partial charge in [0.05, 0.1) is 19.4 Å². The first-order valence-corrected chi connectivity index (χ1v) is 7.79. The Morgan fingerprint density at radius 1 is 1.00 bits per heavy atom. The number of carbonyl (C=O) groups is 1. The standard InChI is InChI=1S/C18H24N2O2/c1-3-20(4-2)18(21)15-19(14-17-11-8-12-22-17)13-16-9-6-5-7-10-16/h5-12H,3-4,13-15H2,1-2H3. The van der Waals surface area contributed by atoms with Crippen LogP contribution in [0, 0.1) is 0 Å². The van der Waals surface area contributed by atoms with Crippen molar-refractivity contribution in [2.24, 2.45) is 0 Å². The summed E-state index contributed by atoms with van der Waals surface area (Å²) >= 11 is 0. The van der Waals surface area contributed by atoms with Crippen LogP contribution in [0.2, 0.25) is 0 Å². The Bertz CT molecular complexity index is 548. The summed E-state index contributed by atoms with van der Waals surface area (Å²) in [6, 6.07) is 14.0. The molecule has 0 radical (unpaired) electrons. The van der Waals surface area contributed by atoms with Gasteiger partial charge in [0.2, 0.25) is 5.91 Å². The summed E-state index contributed by atoms with van der Waals surface area (Å²) in [7, 11) is 0. The zero-order valence-electron chi connectivity index (χ0n) is 13.4. The molecule has 0 aliphatic heterocycles. The van der Waals surface area contributed by atoms with Crippen molar-refractivity contribution in [3.8, 4) is 0 Å². The molecule has 0 unspecified atom stereocenters. The van der Waals surface area contributed by atoms with Crippen molar-refractivity contribution in [2.75, 3.05) is 19.6 Å². The van der Waals surface area contributed by atoms with E-state index in [0.29, 0.717) is 13.1 Å². The highest BCUT2D eigenvalue weighted by Crippen LogP contribution is 2.11. The Kier molecular flexibility index (Phi) is 6.22. The average Bonchev–Trinajstić information content (AvgIpc) is 3.02. The first-order chi connectivity index (χ1) is 10.7. The molecule has 118 valence electrons. The van der Waals surface area contributed by atoms with Crippen molar-refractivity contribution in [2.45, 2.75) is 26.9 Å². The third-order valence-corrected chi connectivity index (χ3v) is 3.68. The molecule has 4 heteroatoms. The van der Waals surface area contributed by atoms with E-state index in [1.165, 1.54) is 5.56 Å². The molecule has 4 nitrogen and oxygen atoms in total. The maximum Gasteiger partial charge on any atom is 0.236 e. The van der Waals surface area contributed by atoms with Gasteiger partial charge < -0.3 is 9.32 Å². The predicted molar refractivity (Wildman–Crippen MR) is 87.2 cm³/mol. The molecule has 0 spiro atoms. The quantitative estimate of drug-likeness (QED) is 0.751. The molecule has 0 aliphatic rings. The summed E-state index contributed by atoms with van der Waals surface area (Å²) in [5.41, 5.74) is 1.20. The van der Waals surface area contributed by atoms with E-state index >= 15 is 0 Å². The number of hydrogen-bond acceptors (Lipinski definition) is 3. The number of nitrogens with zero attached hydrogens (tertiary/aromatic N) is 2. The largest absolute Gasteiger partial charge is 0.468 e. The molecule has 0 saturated carbocycles. The Morgan fingerprint density at radius 2 is 1.73 bits per heavy atom. The van der Waals surface area contributed by atoms with Crippen LogP contribution in [-0.2, 0) is 17.9 Å². The van der Waals surface area contributed by atoms with Crippen LogP contribution in [0.5, 0.6) is 0 Å². The second kappa shape index (κ2) is 8.39. The third-order valence-electron chi connectivity index (χ3n) is 3.68. The van der Waals surface area contributed by atoms with Gasteiger partial charge in [-0.1, -0.05) is 30.3 Å². The minimum Gasteiger partial charge on any atom is -0.468 e. The van der Waals surface area contributed by atoms with Crippen LogP contribution in [-0.4, -0.2) is 35.3 Å². The van der Waals surface area contributed by atoms with Gasteiger partial charge in [0.1, 0.15) is 5.76 Å². The molecular formula is C18H24N2O2. The normalized spacial score (nSPS) is 10.9. The molecule has 0 fully saturated rings. The molecule has 1 amide bonds. The van der Waals surface area contributed by atoms with Gasteiger partial charge in [-0.2, -0.15) is 0 Å². The molecule has 0 saturated heterocycles. The maximum absolute atomic E-state index is 12.4. The monoisotopic (exact) mass is 300 g/mol. The van der Waals surface area contributed by atoms with Crippen LogP contribution in [0.3, 0.4) is 0 Å². The zero-order valence-corrected chi connectivity index (χ0v) is 13.4. The van der Waals surface area contributed by atoms with E-state index in [1.54, 1.807) is 6.26 Å². The lowest BCUT2D eigenvalue weighted by molar-refractivity contribution is -0.132. The van der Waals surface area contributed by atoms with Crippen molar-refractivity contribution < 1.29 is 9.21 Å². The van der Waals surface area contributed by atoms with E-state index in [0.717, 1.165) is 25.4 Å². The van der Waals surface area contributed by atoms with Gasteiger partial charge in [-0.05, 0) is 31.5 Å². The average molecular weight is 300 g/mol. The Labute approximate surface area is 132 Å². The van der Waals surface area contributed by atoms with Gasteiger partial charge in [-0.15, -0.1) is 0 Å². The SMILES string of the molecule is CCN(CC)C(=O)CN(Cc1ccccc1)Cc1ccco1. The number of likely N-dealkylation sites (N-methyl/N-ethyl adjacent to an activating group) is 1. The lowest BCUT2D eigenvalue weighted by atomic mass is 10.2. The fraction of sp³-hybridized carbons (Fsp3) is 0.389. The molecule has 0 aliphatic carbocycles. The van der Waals surface area contributed by atoms with Crippen LogP contribution in [0.15, 0.2) is 53.1 Å². The first kappa shape index (κ1) is 16.3. The number of rotatable bonds is 8. The summed E-state index contributed by atoms with van der Waals surface area (Å²) in [6.07, 6.45) is 1.67. The Morgan fingerprint density at radius 3 is 2.32 bits per heavy atom. The minimum atomic E-state index is 0.160. The molecule has 1 aromatic heterocycles. The van der Waals surface area contributed by atoms with E-state index in [2.05, 4.69) is 17.0 Å². The minimum absolute atomic E-state index is 0.160. The molecule has 0 bridgehead atoms. The van der Waals surface area contributed by atoms with Crippen LogP contribution < -0.4 is 0 Å². The van der Waals surface area contributed by atoms with Gasteiger partial charge in [0, 0.05) is 19.6 Å². The van der Waals surface area contributed by atoms with E-state index < -0.39 is 0 Å². The molecule has 2 rings (SSSR count). The van der Waals surface area contributed by atoms with Crippen LogP contribution in [0.25, 0.3) is 0 Å². The lowest BCUT2D eigenvalue weighted by Gasteiger charge is -2.25. The summed E-state index contributed by atoms with van der Waals surface area (Å²) in [6.45, 7) is 7.27. The number of furan rings is 1. The molecule has 0 N–H and O–H groups in total. The maximum atomic E-state index is 12.4. The number of amides is 1. The zero-order chi connectivity index (χ0) is 15.8. The van der Waals surface area contributed by atoms with Crippen LogP contribution >= 0.6 is 0 Å². The molecule has 1 heterocycles. The predicted octanol–water partition coefficient (Wildman–Crippen LogP) is 3.15. The second-order valence-corrected chi connectivity index (χ2v) is 5.28. The van der Waals surface area contributed by atoms with Gasteiger partial charge in [-0.25, -0.2) is 0 Å². The van der Waals surface area contributed by atoms with E-state index in [1.807, 2.05) is 49.1 Å². The molecular weight excluding hydrogens is 276 g/mol. The summed E-state index contributed by atoms with van der Waals surface area (Å²) in [5, 5.41) is 0. The van der Waals surface area contributed by atoms with Gasteiger partial charge >= 0.3 is 0 Å². The molecule has 22 heavy (non-hydrogen) atoms. The summed E-state index contributed by atoms with van der Waals surface area (Å²) in [5.74, 6) is 1.04. The van der Waals surface area contributed by atoms with E-state index in [4.69, 9.17) is 4.42 Å². The summed E-state index contributed by atoms with van der Waals surface area (Å²) in [4.78, 5) is 16.4. The first-order valence-electron chi connectivity index (χ1n) is 7.79.